The predicted molar refractivity (Wildman–Crippen MR) is 90.8 cm³/mol. The highest BCUT2D eigenvalue weighted by Crippen LogP contribution is 2.20. The fourth-order valence-electron chi connectivity index (χ4n) is 2.17. The van der Waals surface area contributed by atoms with Crippen molar-refractivity contribution in [2.45, 2.75) is 20.8 Å². The molecule has 3 aromatic rings. The first kappa shape index (κ1) is 15.7. The Morgan fingerprint density at radius 2 is 1.87 bits per heavy atom. The molecule has 0 aliphatic heterocycles. The van der Waals surface area contributed by atoms with E-state index in [-0.39, 0.29) is 0 Å². The molecule has 2 aromatic heterocycles. The molecule has 0 unspecified atom stereocenters. The Bertz CT molecular complexity index is 894. The number of hydrogen-bond donors (Lipinski definition) is 0. The van der Waals surface area contributed by atoms with Gasteiger partial charge in [-0.2, -0.15) is 14.9 Å². The maximum Gasteiger partial charge on any atom is 0.273 e. The van der Waals surface area contributed by atoms with Crippen LogP contribution in [-0.2, 0) is 0 Å². The molecule has 0 N–H and O–H groups in total. The van der Waals surface area contributed by atoms with Crippen LogP contribution in [0.3, 0.4) is 0 Å². The zero-order chi connectivity index (χ0) is 16.6. The molecule has 118 valence electrons. The Morgan fingerprint density at radius 1 is 1.09 bits per heavy atom. The first-order valence-corrected chi connectivity index (χ1v) is 7.66. The molecular formula is C15H14Cl2N6. The van der Waals surface area contributed by atoms with Crippen LogP contribution in [0.1, 0.15) is 22.8 Å². The molecule has 23 heavy (non-hydrogen) atoms. The lowest BCUT2D eigenvalue weighted by molar-refractivity contribution is 0.708. The average Bonchev–Trinajstić information content (AvgIpc) is 3.00. The van der Waals surface area contributed by atoms with Crippen LogP contribution in [-0.4, -0.2) is 30.9 Å². The molecule has 0 saturated heterocycles. The van der Waals surface area contributed by atoms with Crippen LogP contribution in [0.2, 0.25) is 10.0 Å². The summed E-state index contributed by atoms with van der Waals surface area (Å²) in [4.78, 5) is 0. The van der Waals surface area contributed by atoms with Crippen molar-refractivity contribution in [3.63, 3.8) is 0 Å². The summed E-state index contributed by atoms with van der Waals surface area (Å²) < 4.78 is 3.32. The molecule has 1 aromatic carbocycles. The second kappa shape index (κ2) is 6.14. The van der Waals surface area contributed by atoms with Crippen LogP contribution in [0, 0.1) is 20.8 Å². The third kappa shape index (κ3) is 3.13. The molecule has 0 spiro atoms. The molecule has 0 radical (unpaired) electrons. The minimum absolute atomic E-state index is 0.523. The van der Waals surface area contributed by atoms with Crippen molar-refractivity contribution >= 4 is 29.4 Å². The summed E-state index contributed by atoms with van der Waals surface area (Å²) >= 11 is 12.1. The fourth-order valence-corrected chi connectivity index (χ4v) is 2.63. The molecular weight excluding hydrogens is 335 g/mol. The zero-order valence-corrected chi connectivity index (χ0v) is 14.3. The number of halogens is 2. The van der Waals surface area contributed by atoms with Crippen molar-refractivity contribution in [3.05, 3.63) is 57.1 Å². The number of rotatable bonds is 3. The lowest BCUT2D eigenvalue weighted by Gasteiger charge is -2.04. The maximum atomic E-state index is 6.16. The molecule has 6 nitrogen and oxygen atoms in total. The van der Waals surface area contributed by atoms with Gasteiger partial charge < -0.3 is 0 Å². The van der Waals surface area contributed by atoms with Gasteiger partial charge in [0.15, 0.2) is 5.82 Å². The van der Waals surface area contributed by atoms with Crippen LogP contribution in [0.15, 0.2) is 29.4 Å². The van der Waals surface area contributed by atoms with E-state index >= 15 is 0 Å². The molecule has 0 aliphatic rings. The highest BCUT2D eigenvalue weighted by molar-refractivity contribution is 6.36. The lowest BCUT2D eigenvalue weighted by Crippen LogP contribution is -2.08. The Balaban J connectivity index is 2.02. The van der Waals surface area contributed by atoms with Gasteiger partial charge in [-0.1, -0.05) is 29.3 Å². The first-order valence-electron chi connectivity index (χ1n) is 6.91. The molecule has 0 fully saturated rings. The number of benzene rings is 1. The van der Waals surface area contributed by atoms with Gasteiger partial charge in [-0.25, -0.2) is 4.68 Å². The van der Waals surface area contributed by atoms with Crippen molar-refractivity contribution in [2.75, 3.05) is 0 Å². The highest BCUT2D eigenvalue weighted by atomic mass is 35.5. The Labute approximate surface area is 143 Å². The van der Waals surface area contributed by atoms with Crippen molar-refractivity contribution < 1.29 is 0 Å². The molecule has 0 saturated carbocycles. The van der Waals surface area contributed by atoms with Gasteiger partial charge in [0.25, 0.3) is 5.95 Å². The quantitative estimate of drug-likeness (QED) is 0.679. The smallest absolute Gasteiger partial charge is 0.202 e. The monoisotopic (exact) mass is 348 g/mol. The lowest BCUT2D eigenvalue weighted by atomic mass is 10.2. The number of hydrogen-bond acceptors (Lipinski definition) is 4. The summed E-state index contributed by atoms with van der Waals surface area (Å²) in [5, 5.41) is 18.2. The topological polar surface area (TPSA) is 60.9 Å². The average molecular weight is 349 g/mol. The molecule has 0 atom stereocenters. The first-order chi connectivity index (χ1) is 11.0. The number of aryl methyl sites for hydroxylation is 3. The van der Waals surface area contributed by atoms with E-state index in [0.717, 1.165) is 17.0 Å². The SMILES string of the molecule is Cc1cc(C)n(-c2nnc(C)n2N=Cc2ccc(Cl)cc2Cl)n1. The Morgan fingerprint density at radius 3 is 2.52 bits per heavy atom. The van der Waals surface area contributed by atoms with Crippen molar-refractivity contribution in [2.24, 2.45) is 5.10 Å². The minimum Gasteiger partial charge on any atom is -0.202 e. The summed E-state index contributed by atoms with van der Waals surface area (Å²) in [6.45, 7) is 5.70. The van der Waals surface area contributed by atoms with Gasteiger partial charge >= 0.3 is 0 Å². The van der Waals surface area contributed by atoms with Crippen molar-refractivity contribution in [1.82, 2.24) is 24.7 Å². The largest absolute Gasteiger partial charge is 0.273 e. The second-order valence-corrected chi connectivity index (χ2v) is 5.95. The van der Waals surface area contributed by atoms with E-state index in [9.17, 15) is 0 Å². The van der Waals surface area contributed by atoms with Gasteiger partial charge in [0.2, 0.25) is 0 Å². The van der Waals surface area contributed by atoms with Crippen LogP contribution >= 0.6 is 23.2 Å². The van der Waals surface area contributed by atoms with Crippen LogP contribution in [0.5, 0.6) is 0 Å². The van der Waals surface area contributed by atoms with E-state index in [2.05, 4.69) is 20.4 Å². The third-order valence-corrected chi connectivity index (χ3v) is 3.82. The van der Waals surface area contributed by atoms with Gasteiger partial charge in [0, 0.05) is 16.3 Å². The fraction of sp³-hybridized carbons (Fsp3) is 0.200. The predicted octanol–water partition coefficient (Wildman–Crippen LogP) is 3.58. The Kier molecular flexibility index (Phi) is 4.19. The molecule has 3 rings (SSSR count). The molecule has 2 heterocycles. The normalized spacial score (nSPS) is 11.5. The summed E-state index contributed by atoms with van der Waals surface area (Å²) in [6.07, 6.45) is 1.64. The van der Waals surface area contributed by atoms with E-state index < -0.39 is 0 Å². The molecule has 0 bridgehead atoms. The van der Waals surface area contributed by atoms with Crippen molar-refractivity contribution in [3.8, 4) is 5.95 Å². The van der Waals surface area contributed by atoms with Gasteiger partial charge in [0.1, 0.15) is 0 Å². The molecule has 8 heteroatoms. The van der Waals surface area contributed by atoms with Gasteiger partial charge in [-0.3, -0.25) is 0 Å². The summed E-state index contributed by atoms with van der Waals surface area (Å²) in [5.74, 6) is 1.17. The highest BCUT2D eigenvalue weighted by Gasteiger charge is 2.13. The summed E-state index contributed by atoms with van der Waals surface area (Å²) in [7, 11) is 0. The van der Waals surface area contributed by atoms with Crippen LogP contribution in [0.25, 0.3) is 5.95 Å². The number of nitrogens with zero attached hydrogens (tertiary/aromatic N) is 6. The van der Waals surface area contributed by atoms with E-state index in [1.165, 1.54) is 0 Å². The summed E-state index contributed by atoms with van der Waals surface area (Å²) in [5.41, 5.74) is 2.61. The van der Waals surface area contributed by atoms with Crippen LogP contribution < -0.4 is 0 Å². The maximum absolute atomic E-state index is 6.16. The van der Waals surface area contributed by atoms with E-state index in [4.69, 9.17) is 23.2 Å². The number of aromatic nitrogens is 5. The molecule has 0 aliphatic carbocycles. The minimum atomic E-state index is 0.523. The van der Waals surface area contributed by atoms with E-state index in [1.807, 2.05) is 26.8 Å². The van der Waals surface area contributed by atoms with Gasteiger partial charge in [-0.15, -0.1) is 10.2 Å². The van der Waals surface area contributed by atoms with Gasteiger partial charge in [0.05, 0.1) is 16.9 Å². The van der Waals surface area contributed by atoms with Crippen LogP contribution in [0.4, 0.5) is 0 Å². The second-order valence-electron chi connectivity index (χ2n) is 5.11. The zero-order valence-electron chi connectivity index (χ0n) is 12.8. The Hall–Kier alpha value is -2.18. The van der Waals surface area contributed by atoms with Gasteiger partial charge in [-0.05, 0) is 39.0 Å². The van der Waals surface area contributed by atoms with Crippen molar-refractivity contribution in [1.29, 1.82) is 0 Å². The summed E-state index contributed by atoms with van der Waals surface area (Å²) in [6, 6.07) is 7.20. The van der Waals surface area contributed by atoms with E-state index in [1.54, 1.807) is 33.8 Å². The third-order valence-electron chi connectivity index (χ3n) is 3.25. The standard InChI is InChI=1S/C15H14Cl2N6/c1-9-6-10(2)22(21-9)15-20-19-11(3)23(15)18-8-12-4-5-13(16)7-14(12)17/h4-8H,1-3H3. The van der Waals surface area contributed by atoms with E-state index in [0.29, 0.717) is 21.8 Å². The molecule has 0 amide bonds.